The van der Waals surface area contributed by atoms with Gasteiger partial charge in [-0.1, -0.05) is 49.7 Å². The summed E-state index contributed by atoms with van der Waals surface area (Å²) >= 11 is 6.19. The number of pyridine rings is 1. The topological polar surface area (TPSA) is 119 Å². The average molecular weight is 483 g/mol. The highest BCUT2D eigenvalue weighted by Gasteiger charge is 2.25. The van der Waals surface area contributed by atoms with Crippen LogP contribution in [0.2, 0.25) is 5.02 Å². The molecule has 3 heterocycles. The summed E-state index contributed by atoms with van der Waals surface area (Å²) in [5.74, 6) is -0.191. The van der Waals surface area contributed by atoms with E-state index in [4.69, 9.17) is 26.5 Å². The average Bonchev–Trinajstić information content (AvgIpc) is 3.27. The van der Waals surface area contributed by atoms with Gasteiger partial charge in [-0.25, -0.2) is 4.98 Å². The van der Waals surface area contributed by atoms with Crippen molar-refractivity contribution in [2.24, 2.45) is 0 Å². The van der Waals surface area contributed by atoms with Crippen LogP contribution in [0.1, 0.15) is 69.1 Å². The maximum absolute atomic E-state index is 13.0. The fourth-order valence-corrected chi connectivity index (χ4v) is 4.04. The van der Waals surface area contributed by atoms with Gasteiger partial charge in [-0.3, -0.25) is 9.59 Å². The molecule has 0 aliphatic carbocycles. The van der Waals surface area contributed by atoms with Gasteiger partial charge in [0.15, 0.2) is 5.76 Å². The predicted molar refractivity (Wildman–Crippen MR) is 129 cm³/mol. The number of benzene rings is 1. The number of anilines is 1. The molecule has 0 bridgehead atoms. The number of hydrogen-bond donors (Lipinski definition) is 3. The number of hydrogen-bond acceptors (Lipinski definition) is 6. The number of aromatic nitrogens is 1. The van der Waals surface area contributed by atoms with E-state index in [0.29, 0.717) is 25.6 Å². The number of ether oxygens (including phenoxy) is 1. The smallest absolute Gasteiger partial charge is 0.287 e. The van der Waals surface area contributed by atoms with Crippen molar-refractivity contribution in [2.75, 3.05) is 18.9 Å². The molecule has 4 N–H and O–H groups in total. The maximum Gasteiger partial charge on any atom is 0.287 e. The number of rotatable bonds is 7. The zero-order chi connectivity index (χ0) is 24.2. The van der Waals surface area contributed by atoms with E-state index in [1.165, 1.54) is 17.8 Å². The third-order valence-electron chi connectivity index (χ3n) is 5.85. The van der Waals surface area contributed by atoms with E-state index in [9.17, 15) is 9.59 Å². The molecule has 1 atom stereocenters. The lowest BCUT2D eigenvalue weighted by Gasteiger charge is -2.21. The number of nitrogens with two attached hydrogens (primary N) is 1. The summed E-state index contributed by atoms with van der Waals surface area (Å²) < 4.78 is 10.9. The molecule has 9 heteroatoms. The van der Waals surface area contributed by atoms with E-state index in [-0.39, 0.29) is 34.6 Å². The fraction of sp³-hybridized carbons (Fsp3) is 0.320. The number of carbonyl (C=O) groups is 2. The number of carbonyl (C=O) groups excluding carboxylic acids is 2. The molecular formula is C25H27ClN4O4. The minimum Gasteiger partial charge on any atom is -0.459 e. The minimum atomic E-state index is -0.536. The van der Waals surface area contributed by atoms with Gasteiger partial charge in [-0.05, 0) is 23.1 Å². The molecule has 178 valence electrons. The van der Waals surface area contributed by atoms with Crippen LogP contribution in [0.4, 0.5) is 5.69 Å². The lowest BCUT2D eigenvalue weighted by atomic mass is 9.98. The first-order valence-corrected chi connectivity index (χ1v) is 11.5. The minimum absolute atomic E-state index is 0.0249. The Morgan fingerprint density at radius 2 is 1.88 bits per heavy atom. The highest BCUT2D eigenvalue weighted by Crippen LogP contribution is 2.25. The first-order chi connectivity index (χ1) is 16.3. The van der Waals surface area contributed by atoms with Crippen molar-refractivity contribution in [1.82, 2.24) is 15.6 Å². The van der Waals surface area contributed by atoms with E-state index >= 15 is 0 Å². The molecule has 0 spiro atoms. The van der Waals surface area contributed by atoms with Crippen LogP contribution >= 0.6 is 11.6 Å². The monoisotopic (exact) mass is 482 g/mol. The largest absolute Gasteiger partial charge is 0.459 e. The zero-order valence-electron chi connectivity index (χ0n) is 19.1. The van der Waals surface area contributed by atoms with Crippen LogP contribution in [-0.2, 0) is 17.8 Å². The number of fused-ring (bicyclic) bond motifs is 1. The second-order valence-corrected chi connectivity index (χ2v) is 8.87. The number of furan rings is 1. The highest BCUT2D eigenvalue weighted by atomic mass is 35.5. The Morgan fingerprint density at radius 1 is 1.15 bits per heavy atom. The van der Waals surface area contributed by atoms with Crippen molar-refractivity contribution in [1.29, 1.82) is 0 Å². The first kappa shape index (κ1) is 23.8. The Bertz CT molecular complexity index is 1190. The third-order valence-corrected chi connectivity index (χ3v) is 6.25. The Morgan fingerprint density at radius 3 is 2.62 bits per heavy atom. The number of nitrogens with one attached hydrogen (secondary N) is 2. The summed E-state index contributed by atoms with van der Waals surface area (Å²) in [6.45, 7) is 5.33. The Labute approximate surface area is 202 Å². The van der Waals surface area contributed by atoms with Gasteiger partial charge in [0.2, 0.25) is 0 Å². The van der Waals surface area contributed by atoms with Crippen LogP contribution in [0.15, 0.2) is 47.2 Å². The van der Waals surface area contributed by atoms with E-state index < -0.39 is 11.9 Å². The van der Waals surface area contributed by atoms with Gasteiger partial charge in [0.25, 0.3) is 11.8 Å². The molecule has 1 aromatic carbocycles. The SMILES string of the molecule is CC(C)c1ccc(C(CNC(=O)c2occ3c2CCOC3)NC(=O)c2nccc(N)c2Cl)cc1. The molecule has 0 saturated heterocycles. The van der Waals surface area contributed by atoms with Crippen molar-refractivity contribution >= 4 is 29.1 Å². The van der Waals surface area contributed by atoms with Crippen LogP contribution in [0.25, 0.3) is 0 Å². The standard InChI is InChI=1S/C25H27ClN4O4/c1-14(2)15-3-5-16(6-4-15)20(30-24(31)22-21(26)19(27)7-9-28-22)11-29-25(32)23-18-8-10-33-12-17(18)13-34-23/h3-7,9,13-14,20H,8,10-12H2,1-2H3,(H2,27,28)(H,29,32)(H,30,31). The summed E-state index contributed by atoms with van der Waals surface area (Å²) in [6, 6.07) is 8.88. The van der Waals surface area contributed by atoms with Gasteiger partial charge in [0, 0.05) is 30.3 Å². The summed E-state index contributed by atoms with van der Waals surface area (Å²) in [4.78, 5) is 30.0. The van der Waals surface area contributed by atoms with Crippen molar-refractivity contribution < 1.29 is 18.7 Å². The molecule has 2 aromatic heterocycles. The van der Waals surface area contributed by atoms with Gasteiger partial charge < -0.3 is 25.5 Å². The second-order valence-electron chi connectivity index (χ2n) is 8.49. The molecule has 2 amide bonds. The summed E-state index contributed by atoms with van der Waals surface area (Å²) in [7, 11) is 0. The molecular weight excluding hydrogens is 456 g/mol. The van der Waals surface area contributed by atoms with Gasteiger partial charge in [-0.15, -0.1) is 0 Å². The summed E-state index contributed by atoms with van der Waals surface area (Å²) in [5.41, 5.74) is 9.85. The molecule has 0 radical (unpaired) electrons. The van der Waals surface area contributed by atoms with Crippen LogP contribution in [0.5, 0.6) is 0 Å². The first-order valence-electron chi connectivity index (χ1n) is 11.1. The summed E-state index contributed by atoms with van der Waals surface area (Å²) in [6.07, 6.45) is 3.60. The second kappa shape index (κ2) is 10.3. The van der Waals surface area contributed by atoms with Crippen LogP contribution in [0.3, 0.4) is 0 Å². The maximum atomic E-state index is 13.0. The molecule has 0 saturated carbocycles. The quantitative estimate of drug-likeness (QED) is 0.468. The molecule has 1 aliphatic heterocycles. The number of nitrogen functional groups attached to an aromatic ring is 1. The molecule has 0 fully saturated rings. The van der Waals surface area contributed by atoms with E-state index in [1.54, 1.807) is 6.26 Å². The van der Waals surface area contributed by atoms with Crippen molar-refractivity contribution in [3.05, 3.63) is 81.5 Å². The van der Waals surface area contributed by atoms with E-state index in [1.807, 2.05) is 24.3 Å². The molecule has 1 unspecified atom stereocenters. The fourth-order valence-electron chi connectivity index (χ4n) is 3.84. The van der Waals surface area contributed by atoms with Crippen LogP contribution in [-0.4, -0.2) is 29.9 Å². The lowest BCUT2D eigenvalue weighted by molar-refractivity contribution is 0.0889. The van der Waals surface area contributed by atoms with Crippen molar-refractivity contribution in [3.8, 4) is 0 Å². The highest BCUT2D eigenvalue weighted by molar-refractivity contribution is 6.35. The van der Waals surface area contributed by atoms with Crippen molar-refractivity contribution in [3.63, 3.8) is 0 Å². The molecule has 1 aliphatic rings. The molecule has 4 rings (SSSR count). The Hall–Kier alpha value is -3.36. The Kier molecular flexibility index (Phi) is 7.19. The van der Waals surface area contributed by atoms with Gasteiger partial charge in [-0.2, -0.15) is 0 Å². The summed E-state index contributed by atoms with van der Waals surface area (Å²) in [5, 5.41) is 5.90. The van der Waals surface area contributed by atoms with Gasteiger partial charge in [0.05, 0.1) is 36.2 Å². The van der Waals surface area contributed by atoms with Crippen LogP contribution in [0, 0.1) is 0 Å². The lowest BCUT2D eigenvalue weighted by Crippen LogP contribution is -2.38. The molecule has 8 nitrogen and oxygen atoms in total. The normalized spacial score (nSPS) is 13.9. The number of amides is 2. The van der Waals surface area contributed by atoms with Gasteiger partial charge in [0.1, 0.15) is 5.69 Å². The molecule has 34 heavy (non-hydrogen) atoms. The number of halogens is 1. The predicted octanol–water partition coefficient (Wildman–Crippen LogP) is 4.01. The molecule has 3 aromatic rings. The van der Waals surface area contributed by atoms with Crippen molar-refractivity contribution in [2.45, 2.75) is 38.8 Å². The van der Waals surface area contributed by atoms with E-state index in [0.717, 1.165) is 16.7 Å². The number of nitrogens with zero attached hydrogens (tertiary/aromatic N) is 1. The Balaban J connectivity index is 1.54. The van der Waals surface area contributed by atoms with E-state index in [2.05, 4.69) is 29.5 Å². The zero-order valence-corrected chi connectivity index (χ0v) is 19.8. The van der Waals surface area contributed by atoms with Gasteiger partial charge >= 0.3 is 0 Å². The van der Waals surface area contributed by atoms with Crippen LogP contribution < -0.4 is 16.4 Å². The third kappa shape index (κ3) is 5.08.